The van der Waals surface area contributed by atoms with Crippen LogP contribution in [0.3, 0.4) is 0 Å². The Balaban J connectivity index is 2.63. The number of anilines is 1. The number of halogens is 1. The lowest BCUT2D eigenvalue weighted by molar-refractivity contribution is 0.249. The Bertz CT molecular complexity index is 274. The Kier molecular flexibility index (Phi) is 3.83. The average molecular weight is 198 g/mol. The largest absolute Gasteiger partial charge is 0.394 e. The van der Waals surface area contributed by atoms with Crippen molar-refractivity contribution in [2.75, 3.05) is 11.9 Å². The van der Waals surface area contributed by atoms with Crippen LogP contribution in [0.1, 0.15) is 13.8 Å². The Hall–Kier alpha value is -1.16. The van der Waals surface area contributed by atoms with Gasteiger partial charge >= 0.3 is 0 Å². The zero-order valence-electron chi connectivity index (χ0n) is 8.37. The number of nitrogens with one attached hydrogen (secondary N) is 1. The van der Waals surface area contributed by atoms with Crippen LogP contribution in [0.4, 0.5) is 10.2 Å². The van der Waals surface area contributed by atoms with E-state index in [1.165, 1.54) is 6.07 Å². The minimum absolute atomic E-state index is 0.0384. The van der Waals surface area contributed by atoms with E-state index in [1.54, 1.807) is 6.07 Å². The molecule has 78 valence electrons. The molecule has 3 nitrogen and oxygen atoms in total. The fourth-order valence-electron chi connectivity index (χ4n) is 1.07. The maximum absolute atomic E-state index is 12.5. The Morgan fingerprint density at radius 1 is 1.50 bits per heavy atom. The molecule has 2 N–H and O–H groups in total. The van der Waals surface area contributed by atoms with Gasteiger partial charge in [0.1, 0.15) is 11.6 Å². The molecule has 14 heavy (non-hydrogen) atoms. The van der Waals surface area contributed by atoms with Gasteiger partial charge in [0.15, 0.2) is 0 Å². The standard InChI is InChI=1S/C10H15FN2O/c1-7(2)9(6-14)13-10-4-3-8(11)5-12-10/h3-5,7,9,14H,6H2,1-2H3,(H,12,13)/t9-/m1/s1. The highest BCUT2D eigenvalue weighted by Gasteiger charge is 2.11. The molecule has 0 saturated carbocycles. The number of rotatable bonds is 4. The normalized spacial score (nSPS) is 12.9. The molecule has 0 bridgehead atoms. The number of nitrogens with zero attached hydrogens (tertiary/aromatic N) is 1. The molecule has 1 heterocycles. The highest BCUT2D eigenvalue weighted by atomic mass is 19.1. The van der Waals surface area contributed by atoms with Crippen LogP contribution in [0.25, 0.3) is 0 Å². The summed E-state index contributed by atoms with van der Waals surface area (Å²) in [6, 6.07) is 2.85. The van der Waals surface area contributed by atoms with Crippen LogP contribution in [0, 0.1) is 11.7 Å². The number of aliphatic hydroxyl groups is 1. The molecule has 0 aliphatic heterocycles. The zero-order valence-corrected chi connectivity index (χ0v) is 8.37. The third-order valence-electron chi connectivity index (χ3n) is 2.06. The second-order valence-electron chi connectivity index (χ2n) is 3.54. The highest BCUT2D eigenvalue weighted by molar-refractivity contribution is 5.34. The molecule has 0 fully saturated rings. The number of aliphatic hydroxyl groups excluding tert-OH is 1. The first kappa shape index (κ1) is 10.9. The lowest BCUT2D eigenvalue weighted by Gasteiger charge is -2.20. The second-order valence-corrected chi connectivity index (χ2v) is 3.54. The van der Waals surface area contributed by atoms with Crippen molar-refractivity contribution in [1.82, 2.24) is 4.98 Å². The van der Waals surface area contributed by atoms with Crippen LogP contribution >= 0.6 is 0 Å². The van der Waals surface area contributed by atoms with Crippen molar-refractivity contribution in [1.29, 1.82) is 0 Å². The Morgan fingerprint density at radius 3 is 2.64 bits per heavy atom. The SMILES string of the molecule is CC(C)[C@@H](CO)Nc1ccc(F)cn1. The summed E-state index contributed by atoms with van der Waals surface area (Å²) in [5.74, 6) is 0.520. The van der Waals surface area contributed by atoms with Crippen molar-refractivity contribution in [3.63, 3.8) is 0 Å². The van der Waals surface area contributed by atoms with Crippen LogP contribution in [0.5, 0.6) is 0 Å². The van der Waals surface area contributed by atoms with Gasteiger partial charge in [-0.1, -0.05) is 13.8 Å². The lowest BCUT2D eigenvalue weighted by atomic mass is 10.1. The van der Waals surface area contributed by atoms with Crippen LogP contribution < -0.4 is 5.32 Å². The van der Waals surface area contributed by atoms with Gasteiger partial charge in [0.2, 0.25) is 0 Å². The maximum Gasteiger partial charge on any atom is 0.141 e. The van der Waals surface area contributed by atoms with E-state index in [2.05, 4.69) is 10.3 Å². The van der Waals surface area contributed by atoms with Gasteiger partial charge in [-0.2, -0.15) is 0 Å². The van der Waals surface area contributed by atoms with E-state index in [1.807, 2.05) is 13.8 Å². The second kappa shape index (κ2) is 4.91. The predicted octanol–water partition coefficient (Wildman–Crippen LogP) is 1.65. The monoisotopic (exact) mass is 198 g/mol. The maximum atomic E-state index is 12.5. The van der Waals surface area contributed by atoms with Gasteiger partial charge in [-0.25, -0.2) is 9.37 Å². The first-order valence-corrected chi connectivity index (χ1v) is 4.62. The van der Waals surface area contributed by atoms with Crippen molar-refractivity contribution < 1.29 is 9.50 Å². The number of pyridine rings is 1. The number of aromatic nitrogens is 1. The first-order valence-electron chi connectivity index (χ1n) is 4.62. The fraction of sp³-hybridized carbons (Fsp3) is 0.500. The van der Waals surface area contributed by atoms with Gasteiger partial charge in [0.05, 0.1) is 18.8 Å². The van der Waals surface area contributed by atoms with Gasteiger partial charge in [0.25, 0.3) is 0 Å². The molecule has 1 aromatic rings. The zero-order chi connectivity index (χ0) is 10.6. The van der Waals surface area contributed by atoms with E-state index in [9.17, 15) is 4.39 Å². The van der Waals surface area contributed by atoms with Crippen molar-refractivity contribution in [2.45, 2.75) is 19.9 Å². The van der Waals surface area contributed by atoms with Gasteiger partial charge in [-0.3, -0.25) is 0 Å². The third-order valence-corrected chi connectivity index (χ3v) is 2.06. The Labute approximate surface area is 83.0 Å². The van der Waals surface area contributed by atoms with Gasteiger partial charge < -0.3 is 10.4 Å². The van der Waals surface area contributed by atoms with Gasteiger partial charge in [-0.15, -0.1) is 0 Å². The van der Waals surface area contributed by atoms with E-state index >= 15 is 0 Å². The predicted molar refractivity (Wildman–Crippen MR) is 53.5 cm³/mol. The summed E-state index contributed by atoms with van der Waals surface area (Å²) < 4.78 is 12.5. The Morgan fingerprint density at radius 2 is 2.21 bits per heavy atom. The summed E-state index contributed by atoms with van der Waals surface area (Å²) in [6.07, 6.45) is 1.15. The molecule has 0 aliphatic carbocycles. The molecule has 0 amide bonds. The molecule has 0 aromatic carbocycles. The van der Waals surface area contributed by atoms with E-state index in [0.29, 0.717) is 11.7 Å². The van der Waals surface area contributed by atoms with E-state index in [-0.39, 0.29) is 18.5 Å². The summed E-state index contributed by atoms with van der Waals surface area (Å²) in [7, 11) is 0. The van der Waals surface area contributed by atoms with Crippen LogP contribution in [0.15, 0.2) is 18.3 Å². The molecule has 4 heteroatoms. The number of hydrogen-bond donors (Lipinski definition) is 2. The molecule has 1 atom stereocenters. The molecule has 1 aromatic heterocycles. The minimum atomic E-state index is -0.361. The summed E-state index contributed by atoms with van der Waals surface area (Å²) in [6.45, 7) is 4.03. The van der Waals surface area contributed by atoms with Crippen molar-refractivity contribution >= 4 is 5.82 Å². The van der Waals surface area contributed by atoms with E-state index in [0.717, 1.165) is 6.20 Å². The molecule has 0 saturated heterocycles. The summed E-state index contributed by atoms with van der Waals surface area (Å²) in [4.78, 5) is 3.85. The molecule has 0 spiro atoms. The lowest BCUT2D eigenvalue weighted by Crippen LogP contribution is -2.29. The summed E-state index contributed by atoms with van der Waals surface area (Å²) in [5.41, 5.74) is 0. The molecule has 0 unspecified atom stereocenters. The summed E-state index contributed by atoms with van der Waals surface area (Å²) >= 11 is 0. The quantitative estimate of drug-likeness (QED) is 0.773. The van der Waals surface area contributed by atoms with Crippen LogP contribution in [-0.4, -0.2) is 22.7 Å². The highest BCUT2D eigenvalue weighted by Crippen LogP contribution is 2.10. The van der Waals surface area contributed by atoms with Crippen LogP contribution in [-0.2, 0) is 0 Å². The van der Waals surface area contributed by atoms with Crippen molar-refractivity contribution in [3.8, 4) is 0 Å². The first-order chi connectivity index (χ1) is 6.63. The molecule has 1 rings (SSSR count). The van der Waals surface area contributed by atoms with Crippen molar-refractivity contribution in [3.05, 3.63) is 24.1 Å². The van der Waals surface area contributed by atoms with Gasteiger partial charge in [0, 0.05) is 0 Å². The van der Waals surface area contributed by atoms with Gasteiger partial charge in [-0.05, 0) is 18.1 Å². The fourth-order valence-corrected chi connectivity index (χ4v) is 1.07. The topological polar surface area (TPSA) is 45.1 Å². The van der Waals surface area contributed by atoms with E-state index < -0.39 is 0 Å². The third kappa shape index (κ3) is 2.96. The number of hydrogen-bond acceptors (Lipinski definition) is 3. The molecule has 0 radical (unpaired) electrons. The van der Waals surface area contributed by atoms with Crippen LogP contribution in [0.2, 0.25) is 0 Å². The summed E-state index contributed by atoms with van der Waals surface area (Å²) in [5, 5.41) is 12.1. The smallest absolute Gasteiger partial charge is 0.141 e. The molecule has 0 aliphatic rings. The molecular weight excluding hydrogens is 183 g/mol. The van der Waals surface area contributed by atoms with Crippen molar-refractivity contribution in [2.24, 2.45) is 5.92 Å². The van der Waals surface area contributed by atoms with E-state index in [4.69, 9.17) is 5.11 Å². The average Bonchev–Trinajstić information content (AvgIpc) is 2.16. The molecular formula is C10H15FN2O. The minimum Gasteiger partial charge on any atom is -0.394 e.